The van der Waals surface area contributed by atoms with E-state index in [-0.39, 0.29) is 50.0 Å². The van der Waals surface area contributed by atoms with Crippen LogP contribution in [-0.4, -0.2) is 152 Å². The molecule has 1 rings (SSSR count). The molecule has 47 heavy (non-hydrogen) atoms. The van der Waals surface area contributed by atoms with E-state index in [4.69, 9.17) is 19.7 Å². The molecule has 0 aromatic carbocycles. The average molecular weight is 669 g/mol. The van der Waals surface area contributed by atoms with Crippen molar-refractivity contribution >= 4 is 23.8 Å². The van der Waals surface area contributed by atoms with Gasteiger partial charge in [0.25, 0.3) is 0 Å². The lowest BCUT2D eigenvalue weighted by atomic mass is 10.2. The van der Waals surface area contributed by atoms with Crippen LogP contribution in [0.2, 0.25) is 0 Å². The molecule has 0 aromatic heterocycles. The molecule has 0 atom stereocenters. The van der Waals surface area contributed by atoms with Gasteiger partial charge in [0.15, 0.2) is 0 Å². The van der Waals surface area contributed by atoms with Crippen molar-refractivity contribution in [2.24, 2.45) is 5.11 Å². The predicted octanol–water partition coefficient (Wildman–Crippen LogP) is 2.44. The number of hydrogen-bond donors (Lipinski definition) is 1. The maximum atomic E-state index is 12.9. The van der Waals surface area contributed by atoms with Crippen LogP contribution < -0.4 is 5.32 Å². The summed E-state index contributed by atoms with van der Waals surface area (Å²) >= 11 is 0. The zero-order chi connectivity index (χ0) is 35.7. The molecule has 270 valence electrons. The van der Waals surface area contributed by atoms with Gasteiger partial charge in [-0.3, -0.25) is 38.8 Å². The minimum Gasteiger partial charge on any atom is -0.459 e. The van der Waals surface area contributed by atoms with Gasteiger partial charge in [0.1, 0.15) is 16.8 Å². The predicted molar refractivity (Wildman–Crippen MR) is 180 cm³/mol. The Morgan fingerprint density at radius 1 is 0.596 bits per heavy atom. The summed E-state index contributed by atoms with van der Waals surface area (Å²) in [6.45, 7) is 21.4. The molecule has 0 aromatic rings. The molecule has 1 fully saturated rings. The number of unbranched alkanes of at least 4 members (excludes halogenated alkanes) is 1. The summed E-state index contributed by atoms with van der Waals surface area (Å²) in [5.74, 6) is -1.19. The maximum Gasteiger partial charge on any atom is 0.320 e. The molecule has 0 bridgehead atoms. The van der Waals surface area contributed by atoms with E-state index in [0.717, 1.165) is 0 Å². The number of amides is 1. The number of nitrogens with zero attached hydrogens (tertiary/aromatic N) is 7. The maximum absolute atomic E-state index is 12.9. The normalized spacial score (nSPS) is 17.0. The second-order valence-corrected chi connectivity index (χ2v) is 14.9. The second kappa shape index (κ2) is 20.4. The summed E-state index contributed by atoms with van der Waals surface area (Å²) in [4.78, 5) is 62.1. The Bertz CT molecular complexity index is 1000. The highest BCUT2D eigenvalue weighted by Crippen LogP contribution is 2.11. The minimum atomic E-state index is -0.630. The molecule has 0 radical (unpaired) electrons. The molecule has 1 aliphatic rings. The van der Waals surface area contributed by atoms with Gasteiger partial charge in [-0.1, -0.05) is 5.11 Å². The third-order valence-corrected chi connectivity index (χ3v) is 6.69. The molecular weight excluding hydrogens is 608 g/mol. The Kier molecular flexibility index (Phi) is 18.3. The van der Waals surface area contributed by atoms with Gasteiger partial charge in [-0.25, -0.2) is 0 Å². The fraction of sp³-hybridized carbons (Fsp3) is 0.875. The molecule has 1 amide bonds. The minimum absolute atomic E-state index is 0.0625. The third-order valence-electron chi connectivity index (χ3n) is 6.69. The Morgan fingerprint density at radius 2 is 0.915 bits per heavy atom. The third kappa shape index (κ3) is 23.1. The van der Waals surface area contributed by atoms with Crippen molar-refractivity contribution in [3.63, 3.8) is 0 Å². The molecule has 1 heterocycles. The number of nitrogens with one attached hydrogen (secondary N) is 1. The molecule has 0 unspecified atom stereocenters. The lowest BCUT2D eigenvalue weighted by Gasteiger charge is -2.34. The smallest absolute Gasteiger partial charge is 0.320 e. The molecule has 1 N–H and O–H groups in total. The highest BCUT2D eigenvalue weighted by molar-refractivity contribution is 5.78. The lowest BCUT2D eigenvalue weighted by Crippen LogP contribution is -2.50. The first kappa shape index (κ1) is 42.1. The number of ether oxygens (including phenoxy) is 3. The van der Waals surface area contributed by atoms with E-state index in [9.17, 15) is 19.2 Å². The van der Waals surface area contributed by atoms with Crippen LogP contribution in [0.25, 0.3) is 10.4 Å². The van der Waals surface area contributed by atoms with Gasteiger partial charge in [0.05, 0.1) is 26.2 Å². The summed E-state index contributed by atoms with van der Waals surface area (Å²) < 4.78 is 16.8. The second-order valence-electron chi connectivity index (χ2n) is 14.9. The molecule has 0 saturated carbocycles. The van der Waals surface area contributed by atoms with Gasteiger partial charge in [-0.2, -0.15) is 0 Å². The Morgan fingerprint density at radius 3 is 1.21 bits per heavy atom. The van der Waals surface area contributed by atoms with E-state index in [1.807, 2.05) is 81.9 Å². The highest BCUT2D eigenvalue weighted by Gasteiger charge is 2.26. The summed E-state index contributed by atoms with van der Waals surface area (Å²) in [5, 5.41) is 6.45. The fourth-order valence-corrected chi connectivity index (χ4v) is 4.72. The van der Waals surface area contributed by atoms with Crippen molar-refractivity contribution in [3.8, 4) is 0 Å². The van der Waals surface area contributed by atoms with Crippen molar-refractivity contribution < 1.29 is 33.4 Å². The van der Waals surface area contributed by atoms with Crippen molar-refractivity contribution in [3.05, 3.63) is 10.4 Å². The molecule has 0 spiro atoms. The lowest BCUT2D eigenvalue weighted by molar-refractivity contribution is -0.158. The van der Waals surface area contributed by atoms with Crippen molar-refractivity contribution in [2.75, 3.05) is 91.6 Å². The van der Waals surface area contributed by atoms with E-state index < -0.39 is 16.8 Å². The topological polar surface area (TPSA) is 170 Å². The molecular formula is C32H60N8O7. The van der Waals surface area contributed by atoms with Crippen LogP contribution >= 0.6 is 0 Å². The zero-order valence-electron chi connectivity index (χ0n) is 30.3. The summed E-state index contributed by atoms with van der Waals surface area (Å²) in [6, 6.07) is 0. The zero-order valence-corrected chi connectivity index (χ0v) is 30.3. The van der Waals surface area contributed by atoms with Gasteiger partial charge in [0, 0.05) is 70.4 Å². The standard InChI is InChI=1S/C32H60N8O7/c1-30(2,3)45-27(42)23-38-16-14-37(22-26(41)34-12-10-11-13-35-36-33)15-17-39(24-28(43)46-31(4,5)6)19-21-40(20-18-38)25-29(44)47-32(7,8)9/h10-25H2,1-9H3,(H,34,41). The average Bonchev–Trinajstić information content (AvgIpc) is 2.88. The molecule has 15 heteroatoms. The molecule has 1 saturated heterocycles. The molecule has 1 aliphatic heterocycles. The van der Waals surface area contributed by atoms with Gasteiger partial charge in [-0.05, 0) is 80.7 Å². The van der Waals surface area contributed by atoms with Gasteiger partial charge < -0.3 is 19.5 Å². The van der Waals surface area contributed by atoms with Crippen LogP contribution in [0.3, 0.4) is 0 Å². The van der Waals surface area contributed by atoms with Crippen LogP contribution in [0.5, 0.6) is 0 Å². The highest BCUT2D eigenvalue weighted by atomic mass is 16.6. The fourth-order valence-electron chi connectivity index (χ4n) is 4.72. The van der Waals surface area contributed by atoms with Gasteiger partial charge in [-0.15, -0.1) is 0 Å². The van der Waals surface area contributed by atoms with Crippen molar-refractivity contribution in [1.82, 2.24) is 24.9 Å². The van der Waals surface area contributed by atoms with E-state index in [2.05, 4.69) is 15.3 Å². The van der Waals surface area contributed by atoms with Crippen LogP contribution in [0.4, 0.5) is 0 Å². The Labute approximate surface area is 281 Å². The SMILES string of the molecule is CC(C)(C)OC(=O)CN1CCN(CC(=O)NCCCCN=[N+]=[N-])CCN(CC(=O)OC(C)(C)C)CCN(CC(=O)OC(C)(C)C)CC1. The van der Waals surface area contributed by atoms with Crippen LogP contribution in [0, 0.1) is 0 Å². The van der Waals surface area contributed by atoms with Crippen molar-refractivity contribution in [1.29, 1.82) is 0 Å². The number of azide groups is 1. The summed E-state index contributed by atoms with van der Waals surface area (Å²) in [6.07, 6.45) is 1.37. The number of esters is 3. The molecule has 15 nitrogen and oxygen atoms in total. The van der Waals surface area contributed by atoms with E-state index >= 15 is 0 Å². The number of rotatable bonds is 13. The number of carbonyl (C=O) groups is 4. The first-order valence-electron chi connectivity index (χ1n) is 16.6. The van der Waals surface area contributed by atoms with Gasteiger partial charge >= 0.3 is 17.9 Å². The van der Waals surface area contributed by atoms with E-state index in [1.54, 1.807) is 0 Å². The van der Waals surface area contributed by atoms with E-state index in [0.29, 0.717) is 78.3 Å². The number of hydrogen-bond acceptors (Lipinski definition) is 12. The van der Waals surface area contributed by atoms with Crippen LogP contribution in [0.15, 0.2) is 5.11 Å². The monoisotopic (exact) mass is 668 g/mol. The van der Waals surface area contributed by atoms with E-state index in [1.165, 1.54) is 0 Å². The summed E-state index contributed by atoms with van der Waals surface area (Å²) in [5.41, 5.74) is 6.54. The first-order chi connectivity index (χ1) is 21.7. The Hall–Kier alpha value is -2.97. The number of carbonyl (C=O) groups excluding carboxylic acids is 4. The largest absolute Gasteiger partial charge is 0.459 e. The van der Waals surface area contributed by atoms with Crippen LogP contribution in [0.1, 0.15) is 75.2 Å². The molecule has 0 aliphatic carbocycles. The summed E-state index contributed by atoms with van der Waals surface area (Å²) in [7, 11) is 0. The van der Waals surface area contributed by atoms with Gasteiger partial charge in [0.2, 0.25) is 5.91 Å². The van der Waals surface area contributed by atoms with Crippen molar-refractivity contribution in [2.45, 2.75) is 92.0 Å². The van der Waals surface area contributed by atoms with Crippen LogP contribution in [-0.2, 0) is 33.4 Å². The Balaban J connectivity index is 3.15. The quantitative estimate of drug-likeness (QED) is 0.0764. The first-order valence-corrected chi connectivity index (χ1v) is 16.6.